The highest BCUT2D eigenvalue weighted by Crippen LogP contribution is 2.61. The molecule has 0 atom stereocenters. The first kappa shape index (κ1) is 19.0. The van der Waals surface area contributed by atoms with Crippen molar-refractivity contribution in [2.75, 3.05) is 4.90 Å². The summed E-state index contributed by atoms with van der Waals surface area (Å²) in [5.74, 6) is 0. The molecule has 5 rings (SSSR count). The van der Waals surface area contributed by atoms with Gasteiger partial charge in [0.05, 0.1) is 4.11 Å². The fraction of sp³-hybridized carbons (Fsp3) is 0.273. The molecular formula is C33H35N. The molecule has 0 N–H and O–H groups in total. The second kappa shape index (κ2) is 7.87. The zero-order chi connectivity index (χ0) is 26.8. The van der Waals surface area contributed by atoms with E-state index in [0.717, 1.165) is 33.8 Å². The van der Waals surface area contributed by atoms with Gasteiger partial charge in [-0.15, -0.1) is 0 Å². The van der Waals surface area contributed by atoms with Crippen LogP contribution in [0.1, 0.15) is 56.8 Å². The van der Waals surface area contributed by atoms with E-state index < -0.39 is 0 Å². The summed E-state index contributed by atoms with van der Waals surface area (Å²) >= 11 is 0. The van der Waals surface area contributed by atoms with Crippen molar-refractivity contribution in [3.63, 3.8) is 0 Å². The first-order chi connectivity index (χ1) is 17.4. The minimum atomic E-state index is -0.317. The van der Waals surface area contributed by atoms with Crippen molar-refractivity contribution in [1.82, 2.24) is 0 Å². The Labute approximate surface area is 209 Å². The lowest BCUT2D eigenvalue weighted by Crippen LogP contribution is -2.42. The minimum absolute atomic E-state index is 0.140. The van der Waals surface area contributed by atoms with E-state index in [1.807, 2.05) is 60.7 Å². The SMILES string of the molecule is [2H]c1c([2H])c2c(c([2H])c1-c1ccc(N(c3ccccc3)c3ccccc3)cc1)C(C)(C)C(C)(C)C2(C)C. The topological polar surface area (TPSA) is 3.24 Å². The Morgan fingerprint density at radius 1 is 0.529 bits per heavy atom. The third-order valence-corrected chi connectivity index (χ3v) is 8.63. The van der Waals surface area contributed by atoms with Crippen LogP contribution in [0.25, 0.3) is 11.1 Å². The molecule has 1 heteroatoms. The molecule has 0 unspecified atom stereocenters. The van der Waals surface area contributed by atoms with E-state index in [9.17, 15) is 1.37 Å². The number of rotatable bonds is 4. The Bertz CT molecular complexity index is 1410. The molecule has 34 heavy (non-hydrogen) atoms. The smallest absolute Gasteiger partial charge is 0.0632 e. The molecule has 4 aromatic carbocycles. The average molecular weight is 449 g/mol. The molecule has 1 aliphatic rings. The fourth-order valence-electron chi connectivity index (χ4n) is 5.27. The van der Waals surface area contributed by atoms with E-state index in [0.29, 0.717) is 11.6 Å². The number of fused-ring (bicyclic) bond motifs is 1. The van der Waals surface area contributed by atoms with Gasteiger partial charge in [0.1, 0.15) is 0 Å². The third-order valence-electron chi connectivity index (χ3n) is 8.63. The second-order valence-corrected chi connectivity index (χ2v) is 10.9. The van der Waals surface area contributed by atoms with Gasteiger partial charge in [-0.2, -0.15) is 0 Å². The first-order valence-electron chi connectivity index (χ1n) is 13.6. The van der Waals surface area contributed by atoms with Crippen LogP contribution in [0, 0.1) is 5.41 Å². The third kappa shape index (κ3) is 3.29. The van der Waals surface area contributed by atoms with Crippen LogP contribution in [-0.2, 0) is 10.8 Å². The van der Waals surface area contributed by atoms with Crippen molar-refractivity contribution < 1.29 is 4.11 Å². The van der Waals surface area contributed by atoms with Crippen LogP contribution >= 0.6 is 0 Å². The Balaban J connectivity index is 1.66. The van der Waals surface area contributed by atoms with Gasteiger partial charge in [0.25, 0.3) is 0 Å². The van der Waals surface area contributed by atoms with Gasteiger partial charge < -0.3 is 4.90 Å². The molecule has 0 fully saturated rings. The summed E-state index contributed by atoms with van der Waals surface area (Å²) in [5.41, 5.74) is 5.43. The van der Waals surface area contributed by atoms with Gasteiger partial charge in [-0.1, -0.05) is 108 Å². The maximum absolute atomic E-state index is 9.30. The molecule has 0 radical (unpaired) electrons. The predicted molar refractivity (Wildman–Crippen MR) is 146 cm³/mol. The Morgan fingerprint density at radius 3 is 1.53 bits per heavy atom. The molecule has 1 aliphatic carbocycles. The highest BCUT2D eigenvalue weighted by molar-refractivity contribution is 5.78. The molecule has 4 aromatic rings. The van der Waals surface area contributed by atoms with Crippen LogP contribution in [0.2, 0.25) is 0 Å². The molecular weight excluding hydrogens is 410 g/mol. The van der Waals surface area contributed by atoms with Crippen LogP contribution < -0.4 is 4.90 Å². The van der Waals surface area contributed by atoms with Gasteiger partial charge in [-0.3, -0.25) is 0 Å². The van der Waals surface area contributed by atoms with Crippen LogP contribution in [0.4, 0.5) is 17.1 Å². The number of nitrogens with zero attached hydrogens (tertiary/aromatic N) is 1. The molecule has 0 aliphatic heterocycles. The van der Waals surface area contributed by atoms with Gasteiger partial charge in [0, 0.05) is 17.1 Å². The lowest BCUT2D eigenvalue weighted by Gasteiger charge is -2.44. The molecule has 172 valence electrons. The van der Waals surface area contributed by atoms with E-state index in [1.165, 1.54) is 0 Å². The normalized spacial score (nSPS) is 18.5. The molecule has 0 saturated heterocycles. The van der Waals surface area contributed by atoms with E-state index in [1.54, 1.807) is 0 Å². The zero-order valence-corrected chi connectivity index (χ0v) is 21.0. The summed E-state index contributed by atoms with van der Waals surface area (Å²) in [6.45, 7) is 13.1. The largest absolute Gasteiger partial charge is 0.311 e. The summed E-state index contributed by atoms with van der Waals surface area (Å²) in [6, 6.07) is 29.3. The van der Waals surface area contributed by atoms with Crippen LogP contribution in [0.15, 0.2) is 103 Å². The summed E-state index contributed by atoms with van der Waals surface area (Å²) in [5, 5.41) is 0. The highest BCUT2D eigenvalue weighted by Gasteiger charge is 2.56. The monoisotopic (exact) mass is 448 g/mol. The number of hydrogen-bond donors (Lipinski definition) is 0. The summed E-state index contributed by atoms with van der Waals surface area (Å²) in [4.78, 5) is 2.19. The van der Waals surface area contributed by atoms with Crippen molar-refractivity contribution in [2.45, 2.75) is 52.4 Å². The standard InChI is InChI=1S/C33H35N/c1-31(2)29-22-19-25(23-30(29)32(3,4)33(31,5)6)24-17-20-28(21-18-24)34(26-13-9-7-10-14-26)27-15-11-8-12-16-27/h7-23H,1-6H3/i19D,22D,23D. The molecule has 0 heterocycles. The summed E-state index contributed by atoms with van der Waals surface area (Å²) in [6.07, 6.45) is 0. The summed E-state index contributed by atoms with van der Waals surface area (Å²) < 4.78 is 27.3. The van der Waals surface area contributed by atoms with Crippen molar-refractivity contribution in [2.24, 2.45) is 5.41 Å². The van der Waals surface area contributed by atoms with Gasteiger partial charge in [0.15, 0.2) is 0 Å². The Hall–Kier alpha value is -3.32. The van der Waals surface area contributed by atoms with Gasteiger partial charge >= 0.3 is 0 Å². The van der Waals surface area contributed by atoms with Crippen LogP contribution in [0.5, 0.6) is 0 Å². The van der Waals surface area contributed by atoms with Gasteiger partial charge in [-0.25, -0.2) is 0 Å². The molecule has 0 aromatic heterocycles. The minimum Gasteiger partial charge on any atom is -0.311 e. The molecule has 0 spiro atoms. The van der Waals surface area contributed by atoms with E-state index in [4.69, 9.17) is 2.74 Å². The maximum atomic E-state index is 9.30. The van der Waals surface area contributed by atoms with Crippen molar-refractivity contribution >= 4 is 17.1 Å². The predicted octanol–water partition coefficient (Wildman–Crippen LogP) is 9.42. The maximum Gasteiger partial charge on any atom is 0.0632 e. The average Bonchev–Trinajstić information content (AvgIpc) is 2.99. The lowest BCUT2D eigenvalue weighted by molar-refractivity contribution is 0.125. The Morgan fingerprint density at radius 2 is 1.00 bits per heavy atom. The molecule has 1 nitrogen and oxygen atoms in total. The van der Waals surface area contributed by atoms with Gasteiger partial charge in [0.2, 0.25) is 0 Å². The van der Waals surface area contributed by atoms with E-state index in [-0.39, 0.29) is 28.3 Å². The number of para-hydroxylation sites is 2. The van der Waals surface area contributed by atoms with Crippen LogP contribution in [0.3, 0.4) is 0 Å². The lowest BCUT2D eigenvalue weighted by atomic mass is 9.59. The fourth-order valence-corrected chi connectivity index (χ4v) is 5.27. The van der Waals surface area contributed by atoms with Gasteiger partial charge in [-0.05, 0) is 74.9 Å². The number of anilines is 3. The molecule has 0 amide bonds. The second-order valence-electron chi connectivity index (χ2n) is 10.9. The quantitative estimate of drug-likeness (QED) is 0.300. The zero-order valence-electron chi connectivity index (χ0n) is 24.0. The highest BCUT2D eigenvalue weighted by atomic mass is 15.1. The molecule has 0 saturated carbocycles. The van der Waals surface area contributed by atoms with Crippen LogP contribution in [-0.4, -0.2) is 0 Å². The first-order valence-corrected chi connectivity index (χ1v) is 12.1. The number of hydrogen-bond acceptors (Lipinski definition) is 1. The summed E-state index contributed by atoms with van der Waals surface area (Å²) in [7, 11) is 0. The van der Waals surface area contributed by atoms with Crippen molar-refractivity contribution in [3.8, 4) is 11.1 Å². The molecule has 0 bridgehead atoms. The van der Waals surface area contributed by atoms with Crippen molar-refractivity contribution in [1.29, 1.82) is 0 Å². The number of benzene rings is 4. The van der Waals surface area contributed by atoms with E-state index in [2.05, 4.69) is 70.7 Å². The Kier molecular flexibility index (Phi) is 4.41. The van der Waals surface area contributed by atoms with E-state index >= 15 is 0 Å². The van der Waals surface area contributed by atoms with Crippen molar-refractivity contribution in [3.05, 3.63) is 114 Å².